The molecule has 6 heteroatoms. The Morgan fingerprint density at radius 2 is 1.91 bits per heavy atom. The Morgan fingerprint density at radius 3 is 2.57 bits per heavy atom. The molecule has 23 heavy (non-hydrogen) atoms. The van der Waals surface area contributed by atoms with Crippen molar-refractivity contribution in [2.24, 2.45) is 5.92 Å². The van der Waals surface area contributed by atoms with Crippen LogP contribution in [0.4, 0.5) is 5.69 Å². The fraction of sp³-hybridized carbons (Fsp3) is 0.588. The van der Waals surface area contributed by atoms with Gasteiger partial charge in [-0.15, -0.1) is 0 Å². The summed E-state index contributed by atoms with van der Waals surface area (Å²) in [6.45, 7) is 5.02. The van der Waals surface area contributed by atoms with Gasteiger partial charge in [0.15, 0.2) is 9.84 Å². The van der Waals surface area contributed by atoms with Crippen LogP contribution in [0.3, 0.4) is 0 Å². The number of rotatable bonds is 2. The predicted octanol–water partition coefficient (Wildman–Crippen LogP) is 1.47. The van der Waals surface area contributed by atoms with E-state index in [4.69, 9.17) is 0 Å². The Hall–Kier alpha value is -1.56. The van der Waals surface area contributed by atoms with E-state index in [1.54, 1.807) is 0 Å². The van der Waals surface area contributed by atoms with Crippen molar-refractivity contribution in [1.82, 2.24) is 4.90 Å². The van der Waals surface area contributed by atoms with Crippen LogP contribution in [0.2, 0.25) is 0 Å². The number of hydrogen-bond donors (Lipinski definition) is 0. The minimum atomic E-state index is -3.03. The van der Waals surface area contributed by atoms with Crippen LogP contribution in [0.5, 0.6) is 0 Å². The smallest absolute Gasteiger partial charge is 0.226 e. The van der Waals surface area contributed by atoms with Crippen molar-refractivity contribution in [3.05, 3.63) is 29.8 Å². The monoisotopic (exact) mass is 336 g/mol. The highest BCUT2D eigenvalue weighted by atomic mass is 32.2. The van der Waals surface area contributed by atoms with Gasteiger partial charge in [-0.05, 0) is 37.5 Å². The second-order valence-electron chi connectivity index (χ2n) is 6.60. The second kappa shape index (κ2) is 6.51. The van der Waals surface area contributed by atoms with E-state index in [1.165, 1.54) is 11.3 Å². The zero-order valence-electron chi connectivity index (χ0n) is 13.6. The predicted molar refractivity (Wildman–Crippen MR) is 91.3 cm³/mol. The Morgan fingerprint density at radius 1 is 1.17 bits per heavy atom. The van der Waals surface area contributed by atoms with Crippen molar-refractivity contribution < 1.29 is 13.2 Å². The number of amides is 1. The molecule has 5 nitrogen and oxygen atoms in total. The maximum Gasteiger partial charge on any atom is 0.226 e. The zero-order chi connectivity index (χ0) is 16.4. The van der Waals surface area contributed by atoms with Gasteiger partial charge in [0.2, 0.25) is 5.91 Å². The Labute approximate surface area is 138 Å². The minimum Gasteiger partial charge on any atom is -0.368 e. The standard InChI is InChI=1S/C17H24N2O3S/c1-14-4-2-6-16(12-14)18-7-9-19(10-8-18)17(20)15-5-3-11-23(21,22)13-15/h2,4,6,12,15H,3,5,7-11,13H2,1H3. The molecule has 0 spiro atoms. The Kier molecular flexibility index (Phi) is 4.62. The maximum atomic E-state index is 12.6. The van der Waals surface area contributed by atoms with Gasteiger partial charge in [0, 0.05) is 31.9 Å². The van der Waals surface area contributed by atoms with E-state index in [9.17, 15) is 13.2 Å². The molecule has 126 valence electrons. The first kappa shape index (κ1) is 16.3. The number of sulfone groups is 1. The molecule has 1 atom stereocenters. The Balaban J connectivity index is 1.59. The van der Waals surface area contributed by atoms with E-state index >= 15 is 0 Å². The number of anilines is 1. The van der Waals surface area contributed by atoms with Crippen LogP contribution in [0.25, 0.3) is 0 Å². The average Bonchev–Trinajstić information content (AvgIpc) is 2.53. The molecule has 0 aliphatic carbocycles. The summed E-state index contributed by atoms with van der Waals surface area (Å²) in [5.74, 6) is -0.0431. The zero-order valence-corrected chi connectivity index (χ0v) is 14.4. The van der Waals surface area contributed by atoms with E-state index in [1.807, 2.05) is 4.90 Å². The van der Waals surface area contributed by atoms with Crippen molar-refractivity contribution in [2.75, 3.05) is 42.6 Å². The highest BCUT2D eigenvalue weighted by Crippen LogP contribution is 2.23. The number of piperazine rings is 1. The number of aryl methyl sites for hydroxylation is 1. The fourth-order valence-corrected chi connectivity index (χ4v) is 5.18. The van der Waals surface area contributed by atoms with Gasteiger partial charge in [-0.2, -0.15) is 0 Å². The number of carbonyl (C=O) groups is 1. The van der Waals surface area contributed by atoms with Crippen molar-refractivity contribution in [3.63, 3.8) is 0 Å². The quantitative estimate of drug-likeness (QED) is 0.821. The highest BCUT2D eigenvalue weighted by molar-refractivity contribution is 7.91. The molecule has 1 unspecified atom stereocenters. The molecule has 2 aliphatic heterocycles. The minimum absolute atomic E-state index is 0.0252. The van der Waals surface area contributed by atoms with Crippen molar-refractivity contribution in [1.29, 1.82) is 0 Å². The molecule has 2 heterocycles. The van der Waals surface area contributed by atoms with Crippen molar-refractivity contribution >= 4 is 21.4 Å². The van der Waals surface area contributed by atoms with Gasteiger partial charge >= 0.3 is 0 Å². The van der Waals surface area contributed by atoms with Crippen LogP contribution < -0.4 is 4.90 Å². The van der Waals surface area contributed by atoms with Crippen LogP contribution in [-0.2, 0) is 14.6 Å². The van der Waals surface area contributed by atoms with Crippen LogP contribution >= 0.6 is 0 Å². The van der Waals surface area contributed by atoms with Crippen molar-refractivity contribution in [3.8, 4) is 0 Å². The first-order valence-electron chi connectivity index (χ1n) is 8.25. The van der Waals surface area contributed by atoms with E-state index in [0.717, 1.165) is 13.1 Å². The van der Waals surface area contributed by atoms with Gasteiger partial charge < -0.3 is 9.80 Å². The van der Waals surface area contributed by atoms with Crippen LogP contribution in [0, 0.1) is 12.8 Å². The summed E-state index contributed by atoms with van der Waals surface area (Å²) in [4.78, 5) is 16.7. The first-order valence-corrected chi connectivity index (χ1v) is 10.1. The van der Waals surface area contributed by atoms with Gasteiger partial charge in [0.05, 0.1) is 17.4 Å². The third kappa shape index (κ3) is 3.86. The lowest BCUT2D eigenvalue weighted by atomic mass is 10.0. The lowest BCUT2D eigenvalue weighted by Gasteiger charge is -2.38. The van der Waals surface area contributed by atoms with Gasteiger partial charge in [0.1, 0.15) is 0 Å². The van der Waals surface area contributed by atoms with Gasteiger partial charge in [-0.25, -0.2) is 8.42 Å². The number of carbonyl (C=O) groups excluding carboxylic acids is 1. The fourth-order valence-electron chi connectivity index (χ4n) is 3.49. The molecule has 1 aromatic carbocycles. The molecular formula is C17H24N2O3S. The van der Waals surface area contributed by atoms with E-state index in [0.29, 0.717) is 25.9 Å². The van der Waals surface area contributed by atoms with E-state index in [-0.39, 0.29) is 23.3 Å². The molecule has 3 rings (SSSR count). The molecular weight excluding hydrogens is 312 g/mol. The SMILES string of the molecule is Cc1cccc(N2CCN(C(=O)C3CCCS(=O)(=O)C3)CC2)c1. The van der Waals surface area contributed by atoms with E-state index < -0.39 is 9.84 Å². The maximum absolute atomic E-state index is 12.6. The highest BCUT2D eigenvalue weighted by Gasteiger charge is 2.33. The molecule has 0 N–H and O–H groups in total. The third-order valence-corrected chi connectivity index (χ3v) is 6.59. The first-order chi connectivity index (χ1) is 10.9. The lowest BCUT2D eigenvalue weighted by Crippen LogP contribution is -2.51. The summed E-state index contributed by atoms with van der Waals surface area (Å²) in [5.41, 5.74) is 2.42. The summed E-state index contributed by atoms with van der Waals surface area (Å²) in [6, 6.07) is 8.38. The summed E-state index contributed by atoms with van der Waals surface area (Å²) < 4.78 is 23.5. The molecule has 2 aliphatic rings. The molecule has 0 radical (unpaired) electrons. The summed E-state index contributed by atoms with van der Waals surface area (Å²) in [7, 11) is -3.03. The normalized spacial score (nSPS) is 24.5. The van der Waals surface area contributed by atoms with Crippen LogP contribution in [0.1, 0.15) is 18.4 Å². The third-order valence-electron chi connectivity index (χ3n) is 4.77. The summed E-state index contributed by atoms with van der Waals surface area (Å²) in [6.07, 6.45) is 1.32. The van der Waals surface area contributed by atoms with Gasteiger partial charge in [-0.3, -0.25) is 4.79 Å². The molecule has 0 saturated carbocycles. The van der Waals surface area contributed by atoms with Crippen LogP contribution in [-0.4, -0.2) is 56.9 Å². The molecule has 0 bridgehead atoms. The molecule has 2 fully saturated rings. The lowest BCUT2D eigenvalue weighted by molar-refractivity contribution is -0.135. The second-order valence-corrected chi connectivity index (χ2v) is 8.83. The summed E-state index contributed by atoms with van der Waals surface area (Å²) >= 11 is 0. The molecule has 2 saturated heterocycles. The topological polar surface area (TPSA) is 57.7 Å². The average molecular weight is 336 g/mol. The molecule has 0 aromatic heterocycles. The van der Waals surface area contributed by atoms with Crippen LogP contribution in [0.15, 0.2) is 24.3 Å². The largest absolute Gasteiger partial charge is 0.368 e. The number of nitrogens with zero attached hydrogens (tertiary/aromatic N) is 2. The van der Waals surface area contributed by atoms with E-state index in [2.05, 4.69) is 36.1 Å². The number of benzene rings is 1. The van der Waals surface area contributed by atoms with Crippen molar-refractivity contribution in [2.45, 2.75) is 19.8 Å². The summed E-state index contributed by atoms with van der Waals surface area (Å²) in [5, 5.41) is 0. The Bertz CT molecular complexity index is 679. The van der Waals surface area contributed by atoms with Gasteiger partial charge in [0.25, 0.3) is 0 Å². The number of hydrogen-bond acceptors (Lipinski definition) is 4. The molecule has 1 aromatic rings. The van der Waals surface area contributed by atoms with Gasteiger partial charge in [-0.1, -0.05) is 12.1 Å². The molecule has 1 amide bonds.